The first kappa shape index (κ1) is 24.3. The van der Waals surface area contributed by atoms with Crippen molar-refractivity contribution >= 4 is 34.4 Å². The lowest BCUT2D eigenvalue weighted by atomic mass is 9.95. The number of aromatic nitrogens is 1. The fourth-order valence-corrected chi connectivity index (χ4v) is 4.84. The predicted octanol–water partition coefficient (Wildman–Crippen LogP) is 6.72. The number of benzene rings is 4. The number of carbonyl (C=O) groups is 2. The van der Waals surface area contributed by atoms with E-state index >= 15 is 0 Å². The summed E-state index contributed by atoms with van der Waals surface area (Å²) in [6.07, 6.45) is 2.71. The van der Waals surface area contributed by atoms with Crippen LogP contribution in [0.4, 0.5) is 0 Å². The highest BCUT2D eigenvalue weighted by Crippen LogP contribution is 2.32. The summed E-state index contributed by atoms with van der Waals surface area (Å²) in [6.45, 7) is 0.284. The largest absolute Gasteiger partial charge is 0.478 e. The molecule has 5 rings (SSSR count). The molecule has 5 nitrogen and oxygen atoms in total. The van der Waals surface area contributed by atoms with Crippen molar-refractivity contribution < 1.29 is 14.7 Å². The normalized spacial score (nSPS) is 11.0. The number of hydrogen-bond acceptors (Lipinski definition) is 2. The molecule has 2 N–H and O–H groups in total. The number of hydrogen-bond donors (Lipinski definition) is 2. The minimum Gasteiger partial charge on any atom is -0.478 e. The lowest BCUT2D eigenvalue weighted by Gasteiger charge is -2.12. The number of aryl methyl sites for hydroxylation is 1. The molecule has 0 fully saturated rings. The second-order valence-electron chi connectivity index (χ2n) is 9.04. The Morgan fingerprint density at radius 1 is 0.865 bits per heavy atom. The maximum absolute atomic E-state index is 13.6. The molecule has 184 valence electrons. The molecule has 0 spiro atoms. The van der Waals surface area contributed by atoms with Crippen LogP contribution in [0.3, 0.4) is 0 Å². The van der Waals surface area contributed by atoms with Gasteiger partial charge < -0.3 is 15.0 Å². The van der Waals surface area contributed by atoms with Crippen LogP contribution in [0.2, 0.25) is 5.02 Å². The van der Waals surface area contributed by atoms with Crippen molar-refractivity contribution in [2.24, 2.45) is 7.05 Å². The van der Waals surface area contributed by atoms with Crippen LogP contribution in [-0.4, -0.2) is 21.6 Å². The highest BCUT2D eigenvalue weighted by atomic mass is 35.5. The second-order valence-corrected chi connectivity index (χ2v) is 9.48. The van der Waals surface area contributed by atoms with Gasteiger partial charge in [0.1, 0.15) is 0 Å². The predicted molar refractivity (Wildman–Crippen MR) is 147 cm³/mol. The molecular weight excluding hydrogens is 484 g/mol. The standard InChI is InChI=1S/C31H25ClN2O3/c1-34-19-25(14-21-6-5-9-26(32)15-21)29-27(16-24(17-28(29)34)22-7-3-2-4-8-22)30(35)33-18-20-10-12-23(13-11-20)31(36)37/h2-13,15-17,19H,14,18H2,1H3,(H,33,35)(H,36,37). The van der Waals surface area contributed by atoms with Crippen molar-refractivity contribution in [1.29, 1.82) is 0 Å². The van der Waals surface area contributed by atoms with Crippen LogP contribution in [-0.2, 0) is 20.0 Å². The molecule has 0 bridgehead atoms. The van der Waals surface area contributed by atoms with E-state index in [0.717, 1.165) is 38.7 Å². The number of nitrogens with one attached hydrogen (secondary N) is 1. The van der Waals surface area contributed by atoms with E-state index in [1.165, 1.54) is 0 Å². The van der Waals surface area contributed by atoms with E-state index in [2.05, 4.69) is 22.1 Å². The number of rotatable bonds is 7. The van der Waals surface area contributed by atoms with E-state index in [-0.39, 0.29) is 18.0 Å². The Morgan fingerprint density at radius 3 is 2.32 bits per heavy atom. The van der Waals surface area contributed by atoms with Gasteiger partial charge in [-0.1, -0.05) is 66.2 Å². The minimum absolute atomic E-state index is 0.191. The molecule has 0 atom stereocenters. The summed E-state index contributed by atoms with van der Waals surface area (Å²) in [6, 6.07) is 28.3. The Kier molecular flexibility index (Phi) is 6.80. The van der Waals surface area contributed by atoms with E-state index in [0.29, 0.717) is 17.0 Å². The molecule has 1 amide bonds. The number of nitrogens with zero attached hydrogens (tertiary/aromatic N) is 1. The molecule has 6 heteroatoms. The van der Waals surface area contributed by atoms with Gasteiger partial charge in [-0.25, -0.2) is 4.79 Å². The van der Waals surface area contributed by atoms with Gasteiger partial charge in [-0.15, -0.1) is 0 Å². The lowest BCUT2D eigenvalue weighted by Crippen LogP contribution is -2.23. The molecule has 0 saturated carbocycles. The van der Waals surface area contributed by atoms with E-state index in [9.17, 15) is 9.59 Å². The third kappa shape index (κ3) is 5.27. The van der Waals surface area contributed by atoms with Gasteiger partial charge in [0.15, 0.2) is 0 Å². The zero-order valence-electron chi connectivity index (χ0n) is 20.2. The summed E-state index contributed by atoms with van der Waals surface area (Å²) in [4.78, 5) is 24.8. The summed E-state index contributed by atoms with van der Waals surface area (Å²) in [5.74, 6) is -1.17. The van der Waals surface area contributed by atoms with Crippen molar-refractivity contribution in [1.82, 2.24) is 9.88 Å². The second kappa shape index (κ2) is 10.3. The van der Waals surface area contributed by atoms with Crippen molar-refractivity contribution in [3.05, 3.63) is 130 Å². The Balaban J connectivity index is 1.55. The maximum Gasteiger partial charge on any atom is 0.335 e. The summed E-state index contributed by atoms with van der Waals surface area (Å²) < 4.78 is 2.06. The molecule has 4 aromatic carbocycles. The number of carbonyl (C=O) groups excluding carboxylic acids is 1. The molecule has 1 aromatic heterocycles. The van der Waals surface area contributed by atoms with Gasteiger partial charge in [0.05, 0.1) is 5.56 Å². The van der Waals surface area contributed by atoms with Crippen molar-refractivity contribution in [3.63, 3.8) is 0 Å². The lowest BCUT2D eigenvalue weighted by molar-refractivity contribution is 0.0696. The van der Waals surface area contributed by atoms with Crippen LogP contribution in [0.25, 0.3) is 22.0 Å². The quantitative estimate of drug-likeness (QED) is 0.256. The van der Waals surface area contributed by atoms with Gasteiger partial charge in [0.25, 0.3) is 5.91 Å². The van der Waals surface area contributed by atoms with Gasteiger partial charge >= 0.3 is 5.97 Å². The summed E-state index contributed by atoms with van der Waals surface area (Å²) in [5.41, 5.74) is 6.68. The average molecular weight is 509 g/mol. The molecular formula is C31H25ClN2O3. The van der Waals surface area contributed by atoms with Gasteiger partial charge in [-0.05, 0) is 70.6 Å². The first-order valence-electron chi connectivity index (χ1n) is 11.9. The maximum atomic E-state index is 13.6. The summed E-state index contributed by atoms with van der Waals surface area (Å²) in [7, 11) is 1.99. The summed E-state index contributed by atoms with van der Waals surface area (Å²) in [5, 5.41) is 13.7. The molecule has 0 saturated heterocycles. The number of amides is 1. The number of carboxylic acid groups (broad SMARTS) is 1. The minimum atomic E-state index is -0.980. The van der Waals surface area contributed by atoms with E-state index < -0.39 is 5.97 Å². The molecule has 37 heavy (non-hydrogen) atoms. The van der Waals surface area contributed by atoms with Crippen LogP contribution >= 0.6 is 11.6 Å². The fourth-order valence-electron chi connectivity index (χ4n) is 4.63. The Hall–Kier alpha value is -4.35. The van der Waals surface area contributed by atoms with Crippen LogP contribution in [0, 0.1) is 0 Å². The molecule has 0 aliphatic heterocycles. The van der Waals surface area contributed by atoms with E-state index in [1.807, 2.05) is 67.7 Å². The Labute approximate surface area is 219 Å². The smallest absolute Gasteiger partial charge is 0.335 e. The first-order chi connectivity index (χ1) is 17.9. The summed E-state index contributed by atoms with van der Waals surface area (Å²) >= 11 is 6.23. The van der Waals surface area contributed by atoms with Gasteiger partial charge in [0, 0.05) is 41.3 Å². The highest BCUT2D eigenvalue weighted by Gasteiger charge is 2.19. The molecule has 0 radical (unpaired) electrons. The van der Waals surface area contributed by atoms with Crippen molar-refractivity contribution in [2.45, 2.75) is 13.0 Å². The van der Waals surface area contributed by atoms with Gasteiger partial charge in [-0.3, -0.25) is 4.79 Å². The first-order valence-corrected chi connectivity index (χ1v) is 12.3. The van der Waals surface area contributed by atoms with E-state index in [4.69, 9.17) is 16.7 Å². The molecule has 0 aliphatic rings. The SMILES string of the molecule is Cn1cc(Cc2cccc(Cl)c2)c2c(C(=O)NCc3ccc(C(=O)O)cc3)cc(-c3ccccc3)cc21. The molecule has 0 unspecified atom stereocenters. The monoisotopic (exact) mass is 508 g/mol. The highest BCUT2D eigenvalue weighted by molar-refractivity contribution is 6.30. The van der Waals surface area contributed by atoms with Gasteiger partial charge in [-0.2, -0.15) is 0 Å². The fraction of sp³-hybridized carbons (Fsp3) is 0.0968. The average Bonchev–Trinajstić information content (AvgIpc) is 3.22. The number of halogens is 1. The molecule has 5 aromatic rings. The third-order valence-electron chi connectivity index (χ3n) is 6.46. The van der Waals surface area contributed by atoms with E-state index in [1.54, 1.807) is 24.3 Å². The van der Waals surface area contributed by atoms with Crippen LogP contribution in [0.15, 0.2) is 97.2 Å². The zero-order valence-corrected chi connectivity index (χ0v) is 21.0. The number of fused-ring (bicyclic) bond motifs is 1. The topological polar surface area (TPSA) is 71.3 Å². The third-order valence-corrected chi connectivity index (χ3v) is 6.69. The molecule has 0 aliphatic carbocycles. The van der Waals surface area contributed by atoms with Crippen LogP contribution in [0.1, 0.15) is 37.4 Å². The Bertz CT molecular complexity index is 1610. The number of aromatic carboxylic acids is 1. The molecule has 1 heterocycles. The Morgan fingerprint density at radius 2 is 1.62 bits per heavy atom. The zero-order chi connectivity index (χ0) is 25.9. The van der Waals surface area contributed by atoms with Crippen LogP contribution in [0.5, 0.6) is 0 Å². The van der Waals surface area contributed by atoms with Gasteiger partial charge in [0.2, 0.25) is 0 Å². The van der Waals surface area contributed by atoms with Crippen molar-refractivity contribution in [3.8, 4) is 11.1 Å². The van der Waals surface area contributed by atoms with Crippen molar-refractivity contribution in [2.75, 3.05) is 0 Å². The van der Waals surface area contributed by atoms with Crippen LogP contribution < -0.4 is 5.32 Å². The number of carboxylic acids is 1.